The Morgan fingerprint density at radius 1 is 0.895 bits per heavy atom. The van der Waals surface area contributed by atoms with Crippen LogP contribution in [0.1, 0.15) is 70.6 Å². The van der Waals surface area contributed by atoms with Crippen LogP contribution in [0.5, 0.6) is 0 Å². The molecule has 3 fully saturated rings. The van der Waals surface area contributed by atoms with Crippen molar-refractivity contribution in [2.75, 3.05) is 13.1 Å². The number of likely N-dealkylation sites (tertiary alicyclic amines) is 1. The molecule has 1 saturated heterocycles. The van der Waals surface area contributed by atoms with Gasteiger partial charge in [-0.2, -0.15) is 0 Å². The lowest BCUT2D eigenvalue weighted by atomic mass is 9.65. The maximum absolute atomic E-state index is 11.3. The van der Waals surface area contributed by atoms with Gasteiger partial charge in [-0.1, -0.05) is 12.8 Å². The molecular weight excluding hydrogens is 238 g/mol. The molecule has 0 aromatic rings. The van der Waals surface area contributed by atoms with E-state index >= 15 is 0 Å². The number of carboxylic acid groups (broad SMARTS) is 1. The second-order valence-electron chi connectivity index (χ2n) is 7.20. The number of nitrogens with zero attached hydrogens (tertiary/aromatic N) is 1. The molecule has 0 atom stereocenters. The highest BCUT2D eigenvalue weighted by Crippen LogP contribution is 2.53. The van der Waals surface area contributed by atoms with Gasteiger partial charge in [0, 0.05) is 5.54 Å². The van der Waals surface area contributed by atoms with Crippen molar-refractivity contribution < 1.29 is 9.90 Å². The molecule has 0 aromatic heterocycles. The summed E-state index contributed by atoms with van der Waals surface area (Å²) in [5, 5.41) is 9.32. The fourth-order valence-electron chi connectivity index (χ4n) is 4.95. The molecule has 0 bridgehead atoms. The lowest BCUT2D eigenvalue weighted by Crippen LogP contribution is -2.52. The van der Waals surface area contributed by atoms with Gasteiger partial charge in [0.05, 0.1) is 6.42 Å². The topological polar surface area (TPSA) is 40.5 Å². The number of carbonyl (C=O) groups is 1. The molecular formula is C16H27NO2. The average Bonchev–Trinajstić information content (AvgIpc) is 3.05. The summed E-state index contributed by atoms with van der Waals surface area (Å²) < 4.78 is 0. The molecule has 0 radical (unpaired) electrons. The highest BCUT2D eigenvalue weighted by molar-refractivity contribution is 5.68. The van der Waals surface area contributed by atoms with Crippen LogP contribution in [0.15, 0.2) is 0 Å². The van der Waals surface area contributed by atoms with E-state index in [0.29, 0.717) is 11.8 Å². The van der Waals surface area contributed by atoms with E-state index in [0.717, 1.165) is 25.9 Å². The molecule has 1 N–H and O–H groups in total. The third-order valence-corrected chi connectivity index (χ3v) is 6.16. The molecule has 3 heteroatoms. The molecule has 1 aliphatic heterocycles. The number of carboxylic acids is 1. The van der Waals surface area contributed by atoms with Crippen LogP contribution >= 0.6 is 0 Å². The van der Waals surface area contributed by atoms with Crippen molar-refractivity contribution in [2.24, 2.45) is 5.41 Å². The molecule has 108 valence electrons. The van der Waals surface area contributed by atoms with Crippen LogP contribution in [-0.4, -0.2) is 34.6 Å². The minimum Gasteiger partial charge on any atom is -0.481 e. The van der Waals surface area contributed by atoms with E-state index in [1.54, 1.807) is 0 Å². The van der Waals surface area contributed by atoms with Gasteiger partial charge in [0.2, 0.25) is 0 Å². The Kier molecular flexibility index (Phi) is 3.59. The second kappa shape index (κ2) is 5.08. The van der Waals surface area contributed by atoms with Gasteiger partial charge in [0.1, 0.15) is 0 Å². The SMILES string of the molecule is O=C(O)CC1(N2CCCC2)CCC2(CCCC2)CC1. The first-order valence-electron chi connectivity index (χ1n) is 8.11. The minimum absolute atomic E-state index is 0.00380. The lowest BCUT2D eigenvalue weighted by molar-refractivity contribution is -0.141. The van der Waals surface area contributed by atoms with E-state index in [2.05, 4.69) is 4.90 Å². The van der Waals surface area contributed by atoms with Gasteiger partial charge in [-0.15, -0.1) is 0 Å². The van der Waals surface area contributed by atoms with Crippen LogP contribution < -0.4 is 0 Å². The predicted octanol–water partition coefficient (Wildman–Crippen LogP) is 3.43. The quantitative estimate of drug-likeness (QED) is 0.850. The van der Waals surface area contributed by atoms with Crippen molar-refractivity contribution in [3.05, 3.63) is 0 Å². The van der Waals surface area contributed by atoms with Crippen molar-refractivity contribution >= 4 is 5.97 Å². The zero-order valence-corrected chi connectivity index (χ0v) is 12.0. The first-order valence-corrected chi connectivity index (χ1v) is 8.11. The van der Waals surface area contributed by atoms with E-state index < -0.39 is 5.97 Å². The Hall–Kier alpha value is -0.570. The molecule has 0 amide bonds. The smallest absolute Gasteiger partial charge is 0.305 e. The summed E-state index contributed by atoms with van der Waals surface area (Å²) in [5.41, 5.74) is 0.595. The van der Waals surface area contributed by atoms with Gasteiger partial charge in [-0.25, -0.2) is 0 Å². The Balaban J connectivity index is 1.72. The zero-order chi connectivity index (χ0) is 13.3. The highest BCUT2D eigenvalue weighted by Gasteiger charge is 2.47. The molecule has 3 aliphatic rings. The van der Waals surface area contributed by atoms with Gasteiger partial charge in [0.25, 0.3) is 0 Å². The van der Waals surface area contributed by atoms with Gasteiger partial charge in [-0.3, -0.25) is 9.69 Å². The van der Waals surface area contributed by atoms with E-state index in [1.807, 2.05) is 0 Å². The Labute approximate surface area is 116 Å². The van der Waals surface area contributed by atoms with Crippen LogP contribution in [0.4, 0.5) is 0 Å². The molecule has 3 rings (SSSR count). The van der Waals surface area contributed by atoms with Crippen molar-refractivity contribution in [3.8, 4) is 0 Å². The molecule has 1 spiro atoms. The van der Waals surface area contributed by atoms with Crippen LogP contribution in [0, 0.1) is 5.41 Å². The summed E-state index contributed by atoms with van der Waals surface area (Å²) in [6.07, 6.45) is 13.3. The second-order valence-corrected chi connectivity index (χ2v) is 7.20. The van der Waals surface area contributed by atoms with Crippen molar-refractivity contribution in [3.63, 3.8) is 0 Å². The monoisotopic (exact) mass is 265 g/mol. The number of hydrogen-bond acceptors (Lipinski definition) is 2. The lowest BCUT2D eigenvalue weighted by Gasteiger charge is -2.49. The number of aliphatic carboxylic acids is 1. The minimum atomic E-state index is -0.603. The van der Waals surface area contributed by atoms with E-state index in [1.165, 1.54) is 51.4 Å². The molecule has 19 heavy (non-hydrogen) atoms. The van der Waals surface area contributed by atoms with Crippen LogP contribution in [0.2, 0.25) is 0 Å². The van der Waals surface area contributed by atoms with Crippen LogP contribution in [0.3, 0.4) is 0 Å². The first-order chi connectivity index (χ1) is 9.14. The maximum Gasteiger partial charge on any atom is 0.305 e. The van der Waals surface area contributed by atoms with Gasteiger partial charge in [0.15, 0.2) is 0 Å². The Morgan fingerprint density at radius 3 is 2.00 bits per heavy atom. The largest absolute Gasteiger partial charge is 0.481 e. The first kappa shape index (κ1) is 13.4. The van der Waals surface area contributed by atoms with Gasteiger partial charge in [-0.05, 0) is 69.9 Å². The molecule has 2 aliphatic carbocycles. The standard InChI is InChI=1S/C16H27NO2/c18-14(19)13-16(17-11-3-4-12-17)9-7-15(8-10-16)5-1-2-6-15/h1-13H2,(H,18,19). The van der Waals surface area contributed by atoms with E-state index in [9.17, 15) is 9.90 Å². The summed E-state index contributed by atoms with van der Waals surface area (Å²) in [5.74, 6) is -0.603. The molecule has 3 nitrogen and oxygen atoms in total. The summed E-state index contributed by atoms with van der Waals surface area (Å²) in [6.45, 7) is 2.25. The fraction of sp³-hybridized carbons (Fsp3) is 0.938. The number of hydrogen-bond donors (Lipinski definition) is 1. The predicted molar refractivity (Wildman–Crippen MR) is 75.2 cm³/mol. The third kappa shape index (κ3) is 2.54. The van der Waals surface area contributed by atoms with Gasteiger partial charge < -0.3 is 5.11 Å². The summed E-state index contributed by atoms with van der Waals surface area (Å²) >= 11 is 0. The Bertz CT molecular complexity index is 331. The van der Waals surface area contributed by atoms with Crippen molar-refractivity contribution in [1.29, 1.82) is 0 Å². The zero-order valence-electron chi connectivity index (χ0n) is 12.0. The van der Waals surface area contributed by atoms with Crippen molar-refractivity contribution in [2.45, 2.75) is 76.2 Å². The van der Waals surface area contributed by atoms with Gasteiger partial charge >= 0.3 is 5.97 Å². The summed E-state index contributed by atoms with van der Waals surface area (Å²) in [4.78, 5) is 13.8. The fourth-order valence-corrected chi connectivity index (χ4v) is 4.95. The summed E-state index contributed by atoms with van der Waals surface area (Å²) in [7, 11) is 0. The normalized spacial score (nSPS) is 29.9. The maximum atomic E-state index is 11.3. The highest BCUT2D eigenvalue weighted by atomic mass is 16.4. The van der Waals surface area contributed by atoms with Crippen LogP contribution in [-0.2, 0) is 4.79 Å². The molecule has 2 saturated carbocycles. The molecule has 1 heterocycles. The molecule has 0 unspecified atom stereocenters. The van der Waals surface area contributed by atoms with E-state index in [-0.39, 0.29) is 5.54 Å². The molecule has 0 aromatic carbocycles. The Morgan fingerprint density at radius 2 is 1.47 bits per heavy atom. The van der Waals surface area contributed by atoms with Crippen molar-refractivity contribution in [1.82, 2.24) is 4.90 Å². The number of rotatable bonds is 3. The van der Waals surface area contributed by atoms with E-state index in [4.69, 9.17) is 0 Å². The summed E-state index contributed by atoms with van der Waals surface area (Å²) in [6, 6.07) is 0. The third-order valence-electron chi connectivity index (χ3n) is 6.16. The van der Waals surface area contributed by atoms with Crippen LogP contribution in [0.25, 0.3) is 0 Å². The average molecular weight is 265 g/mol.